The smallest absolute Gasteiger partial charge is 0.264 e. The van der Waals surface area contributed by atoms with E-state index in [9.17, 15) is 14.7 Å². The lowest BCUT2D eigenvalue weighted by molar-refractivity contribution is -0.163. The number of likely N-dealkylation sites (tertiary alicyclic amines) is 1. The van der Waals surface area contributed by atoms with Gasteiger partial charge in [0.1, 0.15) is 5.60 Å². The number of ether oxygens (including phenoxy) is 2. The van der Waals surface area contributed by atoms with Crippen LogP contribution in [0, 0.1) is 0 Å². The Morgan fingerprint density at radius 1 is 0.977 bits per heavy atom. The quantitative estimate of drug-likeness (QED) is 0.338. The van der Waals surface area contributed by atoms with Gasteiger partial charge in [-0.05, 0) is 60.4 Å². The fraction of sp³-hybridized carbons (Fsp3) is 0.257. The van der Waals surface area contributed by atoms with Crippen molar-refractivity contribution in [2.24, 2.45) is 0 Å². The van der Waals surface area contributed by atoms with E-state index in [-0.39, 0.29) is 18.2 Å². The van der Waals surface area contributed by atoms with Crippen LogP contribution in [0.5, 0.6) is 11.5 Å². The average molecular weight is 585 g/mol. The second-order valence-corrected chi connectivity index (χ2v) is 12.2. The molecule has 9 heteroatoms. The minimum Gasteiger partial charge on any atom is -0.493 e. The summed E-state index contributed by atoms with van der Waals surface area (Å²) in [6.45, 7) is 0.419. The van der Waals surface area contributed by atoms with Crippen LogP contribution in [0.15, 0.2) is 85.5 Å². The number of aromatic nitrogens is 3. The number of piperidine rings is 1. The van der Waals surface area contributed by atoms with E-state index in [2.05, 4.69) is 9.97 Å². The van der Waals surface area contributed by atoms with Gasteiger partial charge in [0.2, 0.25) is 0 Å². The van der Waals surface area contributed by atoms with Gasteiger partial charge in [-0.1, -0.05) is 24.3 Å². The van der Waals surface area contributed by atoms with Crippen LogP contribution in [0.2, 0.25) is 0 Å². The fourth-order valence-corrected chi connectivity index (χ4v) is 8.66. The summed E-state index contributed by atoms with van der Waals surface area (Å²) in [5, 5.41) is 14.2. The summed E-state index contributed by atoms with van der Waals surface area (Å²) in [5.74, 6) is 0.835. The third-order valence-corrected chi connectivity index (χ3v) is 10.4. The van der Waals surface area contributed by atoms with Crippen LogP contribution in [-0.2, 0) is 18.3 Å². The van der Waals surface area contributed by atoms with Crippen molar-refractivity contribution < 1.29 is 24.2 Å². The van der Waals surface area contributed by atoms with E-state index in [0.29, 0.717) is 42.0 Å². The summed E-state index contributed by atoms with van der Waals surface area (Å²) in [7, 11) is 1.61. The van der Waals surface area contributed by atoms with Gasteiger partial charge in [-0.3, -0.25) is 24.1 Å². The molecule has 1 N–H and O–H groups in total. The highest BCUT2D eigenvalue weighted by molar-refractivity contribution is 6.04. The van der Waals surface area contributed by atoms with Crippen LogP contribution >= 0.6 is 0 Å². The molecule has 2 bridgehead atoms. The molecule has 0 unspecified atom stereocenters. The van der Waals surface area contributed by atoms with E-state index >= 15 is 0 Å². The number of nitrogens with zero attached hydrogens (tertiary/aromatic N) is 4. The molecule has 218 valence electrons. The standard InChI is InChI=1S/C35H28N4O5/c1-43-26-11-10-20-16-27-35(42)17-24-23-8-2-3-9-25(23)39(33(41)22-7-5-14-37-19-22)29(24)31-34(35,28(20)30(26)44-31)12-15-38(27)32(40)21-6-4-13-36-18-21/h2-11,13-14,18-19,27,31,42H,12,15-17H2,1H3/t27-,31+,34+,35-/m1/s1. The molecule has 1 fully saturated rings. The average Bonchev–Trinajstić information content (AvgIpc) is 3.57. The van der Waals surface area contributed by atoms with Crippen LogP contribution in [0.4, 0.5) is 0 Å². The summed E-state index contributed by atoms with van der Waals surface area (Å²) in [4.78, 5) is 38.5. The lowest BCUT2D eigenvalue weighted by Crippen LogP contribution is -2.75. The molecule has 1 saturated heterocycles. The van der Waals surface area contributed by atoms with E-state index < -0.39 is 23.2 Å². The van der Waals surface area contributed by atoms with Gasteiger partial charge < -0.3 is 19.5 Å². The van der Waals surface area contributed by atoms with Crippen LogP contribution in [-0.4, -0.2) is 61.7 Å². The molecule has 1 spiro atoms. The summed E-state index contributed by atoms with van der Waals surface area (Å²) in [5.41, 5.74) is 2.96. The third kappa shape index (κ3) is 2.97. The van der Waals surface area contributed by atoms with Crippen molar-refractivity contribution in [1.82, 2.24) is 19.4 Å². The Kier molecular flexibility index (Phi) is 5.07. The van der Waals surface area contributed by atoms with Gasteiger partial charge in [-0.2, -0.15) is 0 Å². The number of rotatable bonds is 3. The first-order valence-electron chi connectivity index (χ1n) is 14.9. The number of aliphatic hydroxyl groups is 1. The summed E-state index contributed by atoms with van der Waals surface area (Å²) >= 11 is 0. The first-order valence-corrected chi connectivity index (χ1v) is 14.9. The van der Waals surface area contributed by atoms with Gasteiger partial charge in [0, 0.05) is 48.7 Å². The molecule has 2 aromatic carbocycles. The molecular formula is C35H28N4O5. The van der Waals surface area contributed by atoms with Gasteiger partial charge in [0.15, 0.2) is 17.6 Å². The SMILES string of the molecule is COc1ccc2c3c1O[C@H]1c4c(c5ccccc5n4C(=O)c4cccnc4)C[C@@]4(O)[C@@H](C2)N(C(=O)c2cccnc2)CC[C@]314. The zero-order valence-corrected chi connectivity index (χ0v) is 23.9. The fourth-order valence-electron chi connectivity index (χ4n) is 8.66. The predicted octanol–water partition coefficient (Wildman–Crippen LogP) is 4.26. The zero-order chi connectivity index (χ0) is 29.8. The van der Waals surface area contributed by atoms with Crippen LogP contribution in [0.25, 0.3) is 10.9 Å². The van der Waals surface area contributed by atoms with E-state index in [1.54, 1.807) is 60.7 Å². The molecule has 0 radical (unpaired) electrons. The first-order chi connectivity index (χ1) is 21.5. The Morgan fingerprint density at radius 3 is 2.45 bits per heavy atom. The Balaban J connectivity index is 1.32. The second kappa shape index (κ2) is 8.76. The highest BCUT2D eigenvalue weighted by Crippen LogP contribution is 2.69. The predicted molar refractivity (Wildman–Crippen MR) is 160 cm³/mol. The molecule has 5 heterocycles. The molecule has 2 aliphatic heterocycles. The lowest BCUT2D eigenvalue weighted by atomic mass is 9.49. The highest BCUT2D eigenvalue weighted by atomic mass is 16.5. The minimum atomic E-state index is -1.38. The maximum absolute atomic E-state index is 14.3. The molecule has 2 aliphatic carbocycles. The molecule has 9 rings (SSSR count). The van der Waals surface area contributed by atoms with Crippen molar-refractivity contribution in [2.45, 2.75) is 42.4 Å². The van der Waals surface area contributed by atoms with Crippen molar-refractivity contribution in [3.63, 3.8) is 0 Å². The Morgan fingerprint density at radius 2 is 1.73 bits per heavy atom. The Hall–Kier alpha value is -5.02. The largest absolute Gasteiger partial charge is 0.493 e. The Bertz CT molecular complexity index is 2030. The monoisotopic (exact) mass is 584 g/mol. The van der Waals surface area contributed by atoms with Crippen molar-refractivity contribution >= 4 is 22.7 Å². The van der Waals surface area contributed by atoms with E-state index in [1.165, 1.54) is 0 Å². The highest BCUT2D eigenvalue weighted by Gasteiger charge is 2.73. The molecule has 4 atom stereocenters. The maximum Gasteiger partial charge on any atom is 0.264 e. The van der Waals surface area contributed by atoms with Gasteiger partial charge >= 0.3 is 0 Å². The van der Waals surface area contributed by atoms with Gasteiger partial charge in [0.05, 0.1) is 40.9 Å². The van der Waals surface area contributed by atoms with E-state index in [4.69, 9.17) is 9.47 Å². The number of carbonyl (C=O) groups excluding carboxylic acids is 2. The number of hydrogen-bond donors (Lipinski definition) is 1. The summed E-state index contributed by atoms with van der Waals surface area (Å²) < 4.78 is 14.5. The van der Waals surface area contributed by atoms with Crippen molar-refractivity contribution in [3.8, 4) is 11.5 Å². The first kappa shape index (κ1) is 25.5. The molecule has 0 saturated carbocycles. The van der Waals surface area contributed by atoms with Crippen molar-refractivity contribution in [1.29, 1.82) is 0 Å². The number of para-hydroxylation sites is 1. The second-order valence-electron chi connectivity index (χ2n) is 12.2. The Labute approximate surface area is 252 Å². The lowest BCUT2D eigenvalue weighted by Gasteiger charge is -2.62. The van der Waals surface area contributed by atoms with Crippen LogP contribution in [0.3, 0.4) is 0 Å². The van der Waals surface area contributed by atoms with E-state index in [0.717, 1.165) is 33.3 Å². The molecule has 1 amide bonds. The number of amides is 1. The van der Waals surface area contributed by atoms with Gasteiger partial charge in [-0.25, -0.2) is 0 Å². The van der Waals surface area contributed by atoms with E-state index in [1.807, 2.05) is 41.3 Å². The topological polar surface area (TPSA) is 107 Å². The number of benzene rings is 2. The van der Waals surface area contributed by atoms with Crippen LogP contribution in [0.1, 0.15) is 55.6 Å². The molecule has 9 nitrogen and oxygen atoms in total. The minimum absolute atomic E-state index is 0.154. The summed E-state index contributed by atoms with van der Waals surface area (Å²) in [6, 6.07) is 18.2. The number of pyridine rings is 2. The van der Waals surface area contributed by atoms with Gasteiger partial charge in [0.25, 0.3) is 11.8 Å². The number of methoxy groups -OCH3 is 1. The molecule has 4 aliphatic rings. The number of carbonyl (C=O) groups is 2. The third-order valence-electron chi connectivity index (χ3n) is 10.4. The normalized spacial score (nSPS) is 25.6. The van der Waals surface area contributed by atoms with Crippen LogP contribution < -0.4 is 9.47 Å². The molecule has 44 heavy (non-hydrogen) atoms. The summed E-state index contributed by atoms with van der Waals surface area (Å²) in [6.07, 6.45) is 6.93. The maximum atomic E-state index is 14.3. The molecular weight excluding hydrogens is 556 g/mol. The van der Waals surface area contributed by atoms with Crippen molar-refractivity contribution in [2.75, 3.05) is 13.7 Å². The number of fused-ring (bicyclic) bond motifs is 4. The van der Waals surface area contributed by atoms with Crippen molar-refractivity contribution in [3.05, 3.63) is 119 Å². The zero-order valence-electron chi connectivity index (χ0n) is 23.9. The number of hydrogen-bond acceptors (Lipinski definition) is 7. The molecule has 3 aromatic heterocycles. The molecule has 5 aromatic rings. The van der Waals surface area contributed by atoms with Gasteiger partial charge in [-0.15, -0.1) is 0 Å².